The molecule has 4 rings (SSSR count). The number of fused-ring (bicyclic) bond motifs is 2. The molecule has 5 nitrogen and oxygen atoms in total. The molecular weight excluding hydrogens is 366 g/mol. The van der Waals surface area contributed by atoms with Gasteiger partial charge in [0.1, 0.15) is 22.8 Å². The first-order valence-electron chi connectivity index (χ1n) is 10.3. The Labute approximate surface area is 172 Å². The van der Waals surface area contributed by atoms with E-state index in [1.165, 1.54) is 24.0 Å². The Hall–Kier alpha value is -2.69. The van der Waals surface area contributed by atoms with E-state index in [2.05, 4.69) is 11.4 Å². The summed E-state index contributed by atoms with van der Waals surface area (Å²) in [5.41, 5.74) is 3.20. The Kier molecular flexibility index (Phi) is 5.39. The van der Waals surface area contributed by atoms with Crippen molar-refractivity contribution in [3.63, 3.8) is 0 Å². The van der Waals surface area contributed by atoms with Crippen LogP contribution >= 0.6 is 0 Å². The third-order valence-corrected chi connectivity index (χ3v) is 5.73. The molecule has 1 amide bonds. The number of rotatable bonds is 5. The third-order valence-electron chi connectivity index (χ3n) is 5.73. The Morgan fingerprint density at radius 1 is 1.21 bits per heavy atom. The van der Waals surface area contributed by atoms with Gasteiger partial charge in [0.05, 0.1) is 13.2 Å². The summed E-state index contributed by atoms with van der Waals surface area (Å²) in [4.78, 5) is 12.7. The van der Waals surface area contributed by atoms with Crippen molar-refractivity contribution >= 4 is 5.91 Å². The lowest BCUT2D eigenvalue weighted by atomic mass is 9.89. The molecule has 0 radical (unpaired) electrons. The van der Waals surface area contributed by atoms with E-state index in [1.54, 1.807) is 7.11 Å². The van der Waals surface area contributed by atoms with E-state index >= 15 is 0 Å². The second-order valence-corrected chi connectivity index (χ2v) is 8.48. The molecular formula is C24H29NO4. The zero-order valence-electron chi connectivity index (χ0n) is 17.4. The molecule has 2 aliphatic rings. The van der Waals surface area contributed by atoms with Gasteiger partial charge in [-0.3, -0.25) is 4.79 Å². The van der Waals surface area contributed by atoms with E-state index < -0.39 is 0 Å². The van der Waals surface area contributed by atoms with Crippen LogP contribution < -0.4 is 19.5 Å². The molecule has 0 unspecified atom stereocenters. The largest absolute Gasteiger partial charge is 0.497 e. The number of ether oxygens (including phenoxy) is 3. The molecule has 154 valence electrons. The quantitative estimate of drug-likeness (QED) is 0.817. The molecule has 5 heteroatoms. The molecule has 2 aromatic rings. The first-order chi connectivity index (χ1) is 13.9. The molecule has 1 atom stereocenters. The Morgan fingerprint density at radius 3 is 2.86 bits per heavy atom. The normalized spacial score (nSPS) is 19.3. The number of carbonyl (C=O) groups is 1. The zero-order chi connectivity index (χ0) is 20.4. The topological polar surface area (TPSA) is 56.8 Å². The SMILES string of the molecule is COc1ccc2c(c1)OC(C)(C)C[C@H]2NC(=O)COc1cccc2c1CCCC2. The second kappa shape index (κ2) is 7.97. The Morgan fingerprint density at radius 2 is 2.03 bits per heavy atom. The molecule has 0 saturated heterocycles. The number of hydrogen-bond donors (Lipinski definition) is 1. The Bertz CT molecular complexity index is 906. The molecule has 29 heavy (non-hydrogen) atoms. The molecule has 0 fully saturated rings. The molecule has 1 N–H and O–H groups in total. The molecule has 0 aromatic heterocycles. The number of carbonyl (C=O) groups excluding carboxylic acids is 1. The number of benzene rings is 2. The fourth-order valence-electron chi connectivity index (χ4n) is 4.35. The average Bonchev–Trinajstić information content (AvgIpc) is 2.70. The van der Waals surface area contributed by atoms with Gasteiger partial charge in [-0.25, -0.2) is 0 Å². The van der Waals surface area contributed by atoms with Gasteiger partial charge in [0.2, 0.25) is 0 Å². The van der Waals surface area contributed by atoms with Crippen molar-refractivity contribution in [3.05, 3.63) is 53.1 Å². The van der Waals surface area contributed by atoms with Gasteiger partial charge >= 0.3 is 0 Å². The maximum atomic E-state index is 12.7. The predicted octanol–water partition coefficient (Wildman–Crippen LogP) is 4.37. The summed E-state index contributed by atoms with van der Waals surface area (Å²) in [6, 6.07) is 11.8. The highest BCUT2D eigenvalue weighted by Crippen LogP contribution is 2.41. The lowest BCUT2D eigenvalue weighted by molar-refractivity contribution is -0.124. The second-order valence-electron chi connectivity index (χ2n) is 8.48. The van der Waals surface area contributed by atoms with Crippen molar-refractivity contribution in [1.29, 1.82) is 0 Å². The number of aryl methyl sites for hydroxylation is 1. The van der Waals surface area contributed by atoms with Gasteiger partial charge in [-0.05, 0) is 68.9 Å². The van der Waals surface area contributed by atoms with Gasteiger partial charge in [-0.2, -0.15) is 0 Å². The smallest absolute Gasteiger partial charge is 0.258 e. The van der Waals surface area contributed by atoms with Crippen LogP contribution in [0.5, 0.6) is 17.2 Å². The van der Waals surface area contributed by atoms with E-state index in [0.717, 1.165) is 35.7 Å². The van der Waals surface area contributed by atoms with E-state index in [9.17, 15) is 4.79 Å². The molecule has 1 aliphatic carbocycles. The highest BCUT2D eigenvalue weighted by atomic mass is 16.5. The Balaban J connectivity index is 1.45. The molecule has 1 heterocycles. The molecule has 2 aromatic carbocycles. The van der Waals surface area contributed by atoms with E-state index in [4.69, 9.17) is 14.2 Å². The van der Waals surface area contributed by atoms with Crippen LogP contribution in [-0.4, -0.2) is 25.2 Å². The summed E-state index contributed by atoms with van der Waals surface area (Å²) in [7, 11) is 1.63. The lowest BCUT2D eigenvalue weighted by Gasteiger charge is -2.38. The van der Waals surface area contributed by atoms with Gasteiger partial charge in [-0.15, -0.1) is 0 Å². The number of methoxy groups -OCH3 is 1. The fourth-order valence-corrected chi connectivity index (χ4v) is 4.35. The van der Waals surface area contributed by atoms with Gasteiger partial charge in [-0.1, -0.05) is 12.1 Å². The molecule has 0 bridgehead atoms. The van der Waals surface area contributed by atoms with Gasteiger partial charge in [0.25, 0.3) is 5.91 Å². The predicted molar refractivity (Wildman–Crippen MR) is 112 cm³/mol. The van der Waals surface area contributed by atoms with Crippen LogP contribution in [0.1, 0.15) is 55.8 Å². The minimum absolute atomic E-state index is 0.0136. The monoisotopic (exact) mass is 395 g/mol. The van der Waals surface area contributed by atoms with Crippen molar-refractivity contribution < 1.29 is 19.0 Å². The number of amides is 1. The first kappa shape index (κ1) is 19.6. The summed E-state index contributed by atoms with van der Waals surface area (Å²) in [5.74, 6) is 2.21. The van der Waals surface area contributed by atoms with Crippen LogP contribution in [0.4, 0.5) is 0 Å². The average molecular weight is 395 g/mol. The lowest BCUT2D eigenvalue weighted by Crippen LogP contribution is -2.42. The number of hydrogen-bond acceptors (Lipinski definition) is 4. The van der Waals surface area contributed by atoms with Crippen LogP contribution in [-0.2, 0) is 17.6 Å². The summed E-state index contributed by atoms with van der Waals surface area (Å²) in [6.45, 7) is 4.07. The van der Waals surface area contributed by atoms with Crippen LogP contribution in [0.15, 0.2) is 36.4 Å². The maximum Gasteiger partial charge on any atom is 0.258 e. The van der Waals surface area contributed by atoms with E-state index in [1.807, 2.05) is 44.2 Å². The minimum atomic E-state index is -0.378. The highest BCUT2D eigenvalue weighted by Gasteiger charge is 2.34. The maximum absolute atomic E-state index is 12.7. The van der Waals surface area contributed by atoms with Crippen molar-refractivity contribution in [2.75, 3.05) is 13.7 Å². The zero-order valence-corrected chi connectivity index (χ0v) is 17.4. The molecule has 1 aliphatic heterocycles. The molecule has 0 saturated carbocycles. The van der Waals surface area contributed by atoms with Crippen molar-refractivity contribution in [2.45, 2.75) is 57.6 Å². The minimum Gasteiger partial charge on any atom is -0.497 e. The third kappa shape index (κ3) is 4.34. The standard InChI is InChI=1S/C24H29NO4/c1-24(2)14-20(19-12-11-17(27-3)13-22(19)29-24)25-23(26)15-28-21-10-6-8-16-7-4-5-9-18(16)21/h6,8,10-13,20H,4-5,7,9,14-15H2,1-3H3,(H,25,26)/t20-/m1/s1. The van der Waals surface area contributed by atoms with Gasteiger partial charge in [0.15, 0.2) is 6.61 Å². The van der Waals surface area contributed by atoms with Crippen molar-refractivity contribution in [3.8, 4) is 17.2 Å². The van der Waals surface area contributed by atoms with Gasteiger partial charge in [0, 0.05) is 18.1 Å². The first-order valence-corrected chi connectivity index (χ1v) is 10.3. The summed E-state index contributed by atoms with van der Waals surface area (Å²) in [5, 5.41) is 3.13. The van der Waals surface area contributed by atoms with Crippen LogP contribution in [0.3, 0.4) is 0 Å². The summed E-state index contributed by atoms with van der Waals surface area (Å²) >= 11 is 0. The molecule has 0 spiro atoms. The number of nitrogens with one attached hydrogen (secondary N) is 1. The summed E-state index contributed by atoms with van der Waals surface area (Å²) < 4.78 is 17.3. The van der Waals surface area contributed by atoms with Crippen molar-refractivity contribution in [1.82, 2.24) is 5.32 Å². The highest BCUT2D eigenvalue weighted by molar-refractivity contribution is 5.78. The van der Waals surface area contributed by atoms with E-state index in [0.29, 0.717) is 6.42 Å². The van der Waals surface area contributed by atoms with Crippen LogP contribution in [0.25, 0.3) is 0 Å². The van der Waals surface area contributed by atoms with Crippen LogP contribution in [0.2, 0.25) is 0 Å². The summed E-state index contributed by atoms with van der Waals surface area (Å²) in [6.07, 6.45) is 5.21. The van der Waals surface area contributed by atoms with Crippen LogP contribution in [0, 0.1) is 0 Å². The van der Waals surface area contributed by atoms with Crippen molar-refractivity contribution in [2.24, 2.45) is 0 Å². The fraction of sp³-hybridized carbons (Fsp3) is 0.458. The van der Waals surface area contributed by atoms with Gasteiger partial charge < -0.3 is 19.5 Å². The van der Waals surface area contributed by atoms with E-state index in [-0.39, 0.29) is 24.2 Å².